The van der Waals surface area contributed by atoms with Gasteiger partial charge in [-0.15, -0.1) is 0 Å². The molecule has 21 heavy (non-hydrogen) atoms. The van der Waals surface area contributed by atoms with E-state index in [-0.39, 0.29) is 17.9 Å². The first-order valence-corrected chi connectivity index (χ1v) is 8.21. The SMILES string of the molecule is O=C(CCc1cccc(Cl)c1Cl)NC[C@H]1CCCC[C@H]1O. The molecule has 1 aromatic carbocycles. The van der Waals surface area contributed by atoms with Crippen LogP contribution < -0.4 is 5.32 Å². The van der Waals surface area contributed by atoms with Gasteiger partial charge in [0, 0.05) is 18.9 Å². The highest BCUT2D eigenvalue weighted by Gasteiger charge is 2.23. The molecule has 0 spiro atoms. The van der Waals surface area contributed by atoms with Gasteiger partial charge in [-0.25, -0.2) is 0 Å². The fourth-order valence-corrected chi connectivity index (χ4v) is 3.16. The number of nitrogens with one attached hydrogen (secondary N) is 1. The van der Waals surface area contributed by atoms with Crippen LogP contribution in [0.2, 0.25) is 10.0 Å². The Morgan fingerprint density at radius 2 is 2.05 bits per heavy atom. The van der Waals surface area contributed by atoms with Gasteiger partial charge in [-0.3, -0.25) is 4.79 Å². The summed E-state index contributed by atoms with van der Waals surface area (Å²) in [7, 11) is 0. The summed E-state index contributed by atoms with van der Waals surface area (Å²) in [6.45, 7) is 0.559. The first-order chi connectivity index (χ1) is 10.1. The number of hydrogen-bond donors (Lipinski definition) is 2. The molecule has 0 bridgehead atoms. The van der Waals surface area contributed by atoms with Crippen molar-refractivity contribution in [1.82, 2.24) is 5.32 Å². The molecular formula is C16H21Cl2NO2. The Balaban J connectivity index is 1.76. The molecule has 1 aliphatic rings. The first kappa shape index (κ1) is 16.6. The van der Waals surface area contributed by atoms with E-state index in [0.29, 0.717) is 29.4 Å². The third-order valence-corrected chi connectivity index (χ3v) is 4.94. The van der Waals surface area contributed by atoms with Gasteiger partial charge in [0.2, 0.25) is 5.91 Å². The molecule has 1 aromatic rings. The number of amides is 1. The molecule has 1 fully saturated rings. The molecule has 0 aromatic heterocycles. The minimum Gasteiger partial charge on any atom is -0.393 e. The van der Waals surface area contributed by atoms with Crippen LogP contribution in [0.15, 0.2) is 18.2 Å². The zero-order chi connectivity index (χ0) is 15.2. The Morgan fingerprint density at radius 1 is 1.29 bits per heavy atom. The molecule has 0 radical (unpaired) electrons. The van der Waals surface area contributed by atoms with Crippen LogP contribution in [0.1, 0.15) is 37.7 Å². The lowest BCUT2D eigenvalue weighted by Crippen LogP contribution is -2.36. The van der Waals surface area contributed by atoms with Gasteiger partial charge < -0.3 is 10.4 Å². The van der Waals surface area contributed by atoms with Crippen LogP contribution in [0.4, 0.5) is 0 Å². The van der Waals surface area contributed by atoms with Crippen molar-refractivity contribution in [3.8, 4) is 0 Å². The van der Waals surface area contributed by atoms with Crippen LogP contribution in [0.25, 0.3) is 0 Å². The number of aliphatic hydroxyl groups is 1. The van der Waals surface area contributed by atoms with Crippen molar-refractivity contribution in [3.05, 3.63) is 33.8 Å². The Kier molecular flexibility index (Phi) is 6.34. The average Bonchev–Trinajstić information content (AvgIpc) is 2.48. The zero-order valence-electron chi connectivity index (χ0n) is 11.9. The molecule has 5 heteroatoms. The largest absolute Gasteiger partial charge is 0.393 e. The van der Waals surface area contributed by atoms with E-state index in [4.69, 9.17) is 23.2 Å². The predicted molar refractivity (Wildman–Crippen MR) is 85.8 cm³/mol. The Labute approximate surface area is 135 Å². The number of carbonyl (C=O) groups excluding carboxylic acids is 1. The van der Waals surface area contributed by atoms with Crippen molar-refractivity contribution in [2.24, 2.45) is 5.92 Å². The minimum absolute atomic E-state index is 0.0104. The van der Waals surface area contributed by atoms with Gasteiger partial charge >= 0.3 is 0 Å². The molecule has 0 saturated heterocycles. The van der Waals surface area contributed by atoms with Gasteiger partial charge in [-0.1, -0.05) is 48.2 Å². The van der Waals surface area contributed by atoms with Gasteiger partial charge in [0.05, 0.1) is 16.1 Å². The van der Waals surface area contributed by atoms with Crippen LogP contribution >= 0.6 is 23.2 Å². The van der Waals surface area contributed by atoms with Crippen LogP contribution in [-0.4, -0.2) is 23.7 Å². The van der Waals surface area contributed by atoms with Crippen molar-refractivity contribution in [1.29, 1.82) is 0 Å². The maximum Gasteiger partial charge on any atom is 0.220 e. The molecular weight excluding hydrogens is 309 g/mol. The molecule has 0 heterocycles. The summed E-state index contributed by atoms with van der Waals surface area (Å²) >= 11 is 12.0. The molecule has 2 rings (SSSR count). The minimum atomic E-state index is -0.276. The number of hydrogen-bond acceptors (Lipinski definition) is 2. The summed E-state index contributed by atoms with van der Waals surface area (Å²) in [6.07, 6.45) is 4.72. The quantitative estimate of drug-likeness (QED) is 0.867. The second kappa shape index (κ2) is 8.02. The molecule has 1 amide bonds. The average molecular weight is 330 g/mol. The summed E-state index contributed by atoms with van der Waals surface area (Å²) in [4.78, 5) is 11.9. The van der Waals surface area contributed by atoms with Crippen molar-refractivity contribution in [3.63, 3.8) is 0 Å². The van der Waals surface area contributed by atoms with E-state index in [1.54, 1.807) is 6.07 Å². The van der Waals surface area contributed by atoms with Gasteiger partial charge in [-0.05, 0) is 30.9 Å². The van der Waals surface area contributed by atoms with Crippen molar-refractivity contribution >= 4 is 29.1 Å². The topological polar surface area (TPSA) is 49.3 Å². The van der Waals surface area contributed by atoms with Gasteiger partial charge in [0.25, 0.3) is 0 Å². The fourth-order valence-electron chi connectivity index (χ4n) is 2.75. The summed E-state index contributed by atoms with van der Waals surface area (Å²) in [5.74, 6) is 0.182. The maximum atomic E-state index is 11.9. The highest BCUT2D eigenvalue weighted by Crippen LogP contribution is 2.26. The highest BCUT2D eigenvalue weighted by molar-refractivity contribution is 6.42. The van der Waals surface area contributed by atoms with Crippen molar-refractivity contribution < 1.29 is 9.90 Å². The van der Waals surface area contributed by atoms with E-state index in [0.717, 1.165) is 31.2 Å². The van der Waals surface area contributed by atoms with Crippen molar-refractivity contribution in [2.45, 2.75) is 44.6 Å². The number of aliphatic hydroxyl groups excluding tert-OH is 1. The summed E-state index contributed by atoms with van der Waals surface area (Å²) in [5, 5.41) is 13.8. The van der Waals surface area contributed by atoms with Crippen molar-refractivity contribution in [2.75, 3.05) is 6.54 Å². The third-order valence-electron chi connectivity index (χ3n) is 4.08. The zero-order valence-corrected chi connectivity index (χ0v) is 13.5. The Morgan fingerprint density at radius 3 is 2.81 bits per heavy atom. The molecule has 0 unspecified atom stereocenters. The van der Waals surface area contributed by atoms with E-state index in [1.807, 2.05) is 12.1 Å². The number of benzene rings is 1. The second-order valence-corrected chi connectivity index (χ2v) is 6.41. The van der Waals surface area contributed by atoms with Crippen LogP contribution in [0, 0.1) is 5.92 Å². The van der Waals surface area contributed by atoms with Crippen LogP contribution in [0.5, 0.6) is 0 Å². The normalized spacial score (nSPS) is 22.0. The smallest absolute Gasteiger partial charge is 0.220 e. The lowest BCUT2D eigenvalue weighted by Gasteiger charge is -2.27. The van der Waals surface area contributed by atoms with E-state index in [1.165, 1.54) is 0 Å². The van der Waals surface area contributed by atoms with E-state index in [9.17, 15) is 9.90 Å². The summed E-state index contributed by atoms with van der Waals surface area (Å²) in [5.41, 5.74) is 0.886. The molecule has 2 N–H and O–H groups in total. The van der Waals surface area contributed by atoms with Gasteiger partial charge in [0.15, 0.2) is 0 Å². The van der Waals surface area contributed by atoms with Gasteiger partial charge in [-0.2, -0.15) is 0 Å². The molecule has 0 aliphatic heterocycles. The van der Waals surface area contributed by atoms with E-state index < -0.39 is 0 Å². The van der Waals surface area contributed by atoms with E-state index >= 15 is 0 Å². The number of aryl methyl sites for hydroxylation is 1. The third kappa shape index (κ3) is 4.87. The monoisotopic (exact) mass is 329 g/mol. The fraction of sp³-hybridized carbons (Fsp3) is 0.562. The van der Waals surface area contributed by atoms with Gasteiger partial charge in [0.1, 0.15) is 0 Å². The van der Waals surface area contributed by atoms with Crippen LogP contribution in [-0.2, 0) is 11.2 Å². The molecule has 1 aliphatic carbocycles. The number of halogens is 2. The summed E-state index contributed by atoms with van der Waals surface area (Å²) < 4.78 is 0. The van der Waals surface area contributed by atoms with Crippen LogP contribution in [0.3, 0.4) is 0 Å². The molecule has 1 saturated carbocycles. The number of carbonyl (C=O) groups is 1. The summed E-state index contributed by atoms with van der Waals surface area (Å²) in [6, 6.07) is 5.45. The molecule has 2 atom stereocenters. The first-order valence-electron chi connectivity index (χ1n) is 7.45. The Bertz CT molecular complexity index is 493. The lowest BCUT2D eigenvalue weighted by molar-refractivity contribution is -0.121. The molecule has 3 nitrogen and oxygen atoms in total. The highest BCUT2D eigenvalue weighted by atomic mass is 35.5. The standard InChI is InChI=1S/C16H21Cl2NO2/c17-13-6-3-5-11(16(13)18)8-9-15(21)19-10-12-4-1-2-7-14(12)20/h3,5-6,12,14,20H,1-2,4,7-10H2,(H,19,21)/t12-,14-/m1/s1. The predicted octanol–water partition coefficient (Wildman–Crippen LogP) is 3.59. The maximum absolute atomic E-state index is 11.9. The van der Waals surface area contributed by atoms with E-state index in [2.05, 4.69) is 5.32 Å². The molecule has 116 valence electrons. The lowest BCUT2D eigenvalue weighted by atomic mass is 9.86. The number of rotatable bonds is 5. The second-order valence-electron chi connectivity index (χ2n) is 5.63. The Hall–Kier alpha value is -0.770.